The third kappa shape index (κ3) is 23.4. The van der Waals surface area contributed by atoms with Gasteiger partial charge in [0.1, 0.15) is 79.2 Å². The van der Waals surface area contributed by atoms with E-state index in [1.165, 1.54) is 29.0 Å². The monoisotopic (exact) mass is 1760 g/mol. The van der Waals surface area contributed by atoms with Crippen molar-refractivity contribution in [3.8, 4) is 41.5 Å². The first-order chi connectivity index (χ1) is 59.9. The normalized spacial score (nSPS) is 17.7. The number of aryl methyl sites for hydroxylation is 5. The number of nitrogens with zero attached hydrogens (tertiary/aromatic N) is 12. The molecule has 12 heterocycles. The molecule has 0 spiro atoms. The number of ether oxygens (including phenoxy) is 11. The Morgan fingerprint density at radius 2 is 0.661 bits per heavy atom. The zero-order valence-corrected chi connectivity index (χ0v) is 76.9. The highest BCUT2D eigenvalue weighted by atomic mass is 32.2. The Kier molecular flexibility index (Phi) is 32.2. The van der Waals surface area contributed by atoms with Crippen LogP contribution in [0.15, 0.2) is 111 Å². The molecule has 8 aliphatic rings. The van der Waals surface area contributed by atoms with Crippen LogP contribution >= 0.6 is 47.0 Å². The molecule has 8 aromatic rings. The first kappa shape index (κ1) is 92.7. The maximum atomic E-state index is 14.0. The summed E-state index contributed by atoms with van der Waals surface area (Å²) in [6.45, 7) is 32.5. The maximum Gasteiger partial charge on any atom is 0.160 e. The molecule has 4 fully saturated rings. The Hall–Kier alpha value is -8.95. The Labute approximate surface area is 747 Å². The maximum absolute atomic E-state index is 14.0. The Morgan fingerprint density at radius 3 is 0.992 bits per heavy atom. The zero-order chi connectivity index (χ0) is 87.6. The van der Waals surface area contributed by atoms with E-state index in [0.29, 0.717) is 133 Å². The average molecular weight is 1760 g/mol. The highest BCUT2D eigenvalue weighted by Gasteiger charge is 2.39. The summed E-state index contributed by atoms with van der Waals surface area (Å²) < 4.78 is 76.7. The molecule has 0 unspecified atom stereocenters. The molecule has 16 rings (SSSR count). The molecule has 124 heavy (non-hydrogen) atoms. The minimum absolute atomic E-state index is 0.190. The summed E-state index contributed by atoms with van der Waals surface area (Å²) in [4.78, 5) is 29.0. The molecule has 4 saturated heterocycles. The van der Waals surface area contributed by atoms with E-state index in [1.807, 2.05) is 42.5 Å². The van der Waals surface area contributed by atoms with Gasteiger partial charge in [0.15, 0.2) is 11.5 Å². The SMILES string of the molecule is CC1(C)Cc2c(C#N)c(SCCc3ccccc3F)nc(N3CCOCC3)c2CO1.COc1ccc(CCSc2nc(N3CCOCC3)c3c(c2C#N)CC(C)(C)OC3)cc1OC.COc1ccccc1CCSc1nc(N2CCOCC2)c2c(c1C#N)CC(C)(C)OC2.Cc1ccc(CCSc2nc(N3CCOCC3)c3c(c2C#N)CC(C)(C)OC3)cc1. The second-order valence-electron chi connectivity index (χ2n) is 34.0. The lowest BCUT2D eigenvalue weighted by atomic mass is 9.89. The van der Waals surface area contributed by atoms with E-state index in [9.17, 15) is 25.4 Å². The van der Waals surface area contributed by atoms with Crippen molar-refractivity contribution in [1.82, 2.24) is 19.9 Å². The van der Waals surface area contributed by atoms with Crippen LogP contribution in [0.5, 0.6) is 17.2 Å². The number of hydrogen-bond donors (Lipinski definition) is 0. The summed E-state index contributed by atoms with van der Waals surface area (Å²) in [6.07, 6.45) is 6.04. The van der Waals surface area contributed by atoms with Crippen LogP contribution in [0.1, 0.15) is 150 Å². The average Bonchev–Trinajstić information content (AvgIpc) is 0.773. The first-order valence-electron chi connectivity index (χ1n) is 42.8. The number of rotatable bonds is 23. The molecule has 0 atom stereocenters. The third-order valence-electron chi connectivity index (χ3n) is 23.2. The Bertz CT molecular complexity index is 5220. The van der Waals surface area contributed by atoms with E-state index >= 15 is 0 Å². The molecular formula is C96H115FN12O11S4. The standard InChI is InChI=1S/C25H31N3O4S.C24H29N3O3S.C24H29N3O2S.C23H26FN3O2S/c1-25(2)14-18-19(15-26)24(27-23(20(18)16-32-25)28-8-10-31-11-9-28)33-12-7-17-5-6-21(29-3)22(13-17)30-4;1-24(2)14-18-19(15-25)23(31-13-8-17-6-4-5-7-21(17)28-3)26-22(20(18)16-30-24)27-9-11-29-12-10-27;1-17-4-6-18(7-5-17)8-13-30-23-20(15-25)19-14-24(2,3)29-16-21(19)22(26-23)27-9-11-28-12-10-27;1-23(2)13-17-18(14-25)22(30-12-7-16-5-3-4-6-20(16)24)26-21(19(17)15-29-23)27-8-10-28-11-9-27/h5-6,13H,7-12,14,16H2,1-4H3;4-7H,8-14,16H2,1-3H3;4-7H,8-14,16H2,1-3H3;3-6H,7-13,15H2,1-2H3. The van der Waals surface area contributed by atoms with Crippen LogP contribution in [0.4, 0.5) is 27.7 Å². The van der Waals surface area contributed by atoms with Gasteiger partial charge in [0.05, 0.1) is 145 Å². The van der Waals surface area contributed by atoms with Gasteiger partial charge in [-0.15, -0.1) is 47.0 Å². The summed E-state index contributed by atoms with van der Waals surface area (Å²) in [6, 6.07) is 39.3. The first-order valence-corrected chi connectivity index (χ1v) is 46.7. The molecule has 8 aliphatic heterocycles. The van der Waals surface area contributed by atoms with Gasteiger partial charge in [0, 0.05) is 123 Å². The molecule has 4 aromatic heterocycles. The van der Waals surface area contributed by atoms with Gasteiger partial charge in [-0.1, -0.05) is 72.3 Å². The number of halogens is 1. The number of anilines is 4. The second-order valence-corrected chi connectivity index (χ2v) is 38.3. The number of hydrogen-bond acceptors (Lipinski definition) is 27. The second kappa shape index (κ2) is 43.0. The fourth-order valence-corrected chi connectivity index (χ4v) is 20.3. The molecule has 0 amide bonds. The molecule has 0 N–H and O–H groups in total. The summed E-state index contributed by atoms with van der Waals surface area (Å²) >= 11 is 6.50. The molecule has 656 valence electrons. The zero-order valence-electron chi connectivity index (χ0n) is 73.7. The van der Waals surface area contributed by atoms with Crippen molar-refractivity contribution in [2.75, 3.05) is 169 Å². The van der Waals surface area contributed by atoms with Crippen molar-refractivity contribution in [2.24, 2.45) is 0 Å². The highest BCUT2D eigenvalue weighted by Crippen LogP contribution is 2.45. The quantitative estimate of drug-likeness (QED) is 0.0539. The van der Waals surface area contributed by atoms with Gasteiger partial charge in [0.25, 0.3) is 0 Å². The van der Waals surface area contributed by atoms with Gasteiger partial charge in [0.2, 0.25) is 0 Å². The predicted octanol–water partition coefficient (Wildman–Crippen LogP) is 16.4. The molecular weight excluding hydrogens is 1640 g/mol. The summed E-state index contributed by atoms with van der Waals surface area (Å²) in [5, 5.41) is 43.3. The molecule has 0 bridgehead atoms. The van der Waals surface area contributed by atoms with Gasteiger partial charge in [-0.2, -0.15) is 21.0 Å². The number of nitriles is 4. The van der Waals surface area contributed by atoms with Crippen molar-refractivity contribution in [3.05, 3.63) is 191 Å². The van der Waals surface area contributed by atoms with Crippen LogP contribution in [0.25, 0.3) is 0 Å². The van der Waals surface area contributed by atoms with Crippen LogP contribution in [-0.4, -0.2) is 192 Å². The molecule has 4 aromatic carbocycles. The number of thioether (sulfide) groups is 4. The molecule has 23 nitrogen and oxygen atoms in total. The van der Waals surface area contributed by atoms with Crippen molar-refractivity contribution in [2.45, 2.75) is 183 Å². The highest BCUT2D eigenvalue weighted by molar-refractivity contribution is 8.00. The molecule has 0 radical (unpaired) electrons. The number of methoxy groups -OCH3 is 3. The fourth-order valence-electron chi connectivity index (χ4n) is 16.4. The fraction of sp³-hybridized carbons (Fsp3) is 0.500. The van der Waals surface area contributed by atoms with E-state index in [1.54, 1.807) is 68.7 Å². The lowest BCUT2D eigenvalue weighted by molar-refractivity contribution is -0.0405. The van der Waals surface area contributed by atoms with Crippen molar-refractivity contribution >= 4 is 70.3 Å². The van der Waals surface area contributed by atoms with Gasteiger partial charge in [-0.05, 0) is 157 Å². The van der Waals surface area contributed by atoms with E-state index in [-0.39, 0.29) is 28.2 Å². The summed E-state index contributed by atoms with van der Waals surface area (Å²) in [7, 11) is 4.98. The summed E-state index contributed by atoms with van der Waals surface area (Å²) in [5.74, 6) is 9.09. The van der Waals surface area contributed by atoms with Crippen LogP contribution < -0.4 is 33.8 Å². The van der Waals surface area contributed by atoms with Crippen LogP contribution in [-0.2, 0) is 116 Å². The number of aromatic nitrogens is 4. The Balaban J connectivity index is 0.000000142. The smallest absolute Gasteiger partial charge is 0.160 e. The van der Waals surface area contributed by atoms with E-state index in [4.69, 9.17) is 72.0 Å². The van der Waals surface area contributed by atoms with Gasteiger partial charge >= 0.3 is 0 Å². The minimum Gasteiger partial charge on any atom is -0.496 e. The van der Waals surface area contributed by atoms with Crippen LogP contribution in [0.3, 0.4) is 0 Å². The lowest BCUT2D eigenvalue weighted by Gasteiger charge is -2.37. The number of benzene rings is 4. The van der Waals surface area contributed by atoms with Crippen molar-refractivity contribution < 1.29 is 56.5 Å². The third-order valence-corrected chi connectivity index (χ3v) is 27.1. The largest absolute Gasteiger partial charge is 0.496 e. The predicted molar refractivity (Wildman–Crippen MR) is 486 cm³/mol. The molecule has 0 aliphatic carbocycles. The lowest BCUT2D eigenvalue weighted by Crippen LogP contribution is -2.39. The number of para-hydroxylation sites is 1. The van der Waals surface area contributed by atoms with E-state index < -0.39 is 0 Å². The van der Waals surface area contributed by atoms with Gasteiger partial charge < -0.3 is 71.7 Å². The number of pyridine rings is 4. The van der Waals surface area contributed by atoms with Crippen molar-refractivity contribution in [1.29, 1.82) is 21.0 Å². The van der Waals surface area contributed by atoms with Crippen LogP contribution in [0.2, 0.25) is 0 Å². The van der Waals surface area contributed by atoms with Gasteiger partial charge in [-0.25, -0.2) is 24.3 Å². The summed E-state index contributed by atoms with van der Waals surface area (Å²) in [5.41, 5.74) is 15.7. The van der Waals surface area contributed by atoms with E-state index in [0.717, 1.165) is 217 Å². The molecule has 28 heteroatoms. The number of morpholine rings is 4. The number of fused-ring (bicyclic) bond motifs is 4. The minimum atomic E-state index is -0.322. The molecule has 0 saturated carbocycles. The van der Waals surface area contributed by atoms with Crippen molar-refractivity contribution in [3.63, 3.8) is 0 Å². The Morgan fingerprint density at radius 1 is 0.363 bits per heavy atom. The van der Waals surface area contributed by atoms with Gasteiger partial charge in [-0.3, -0.25) is 0 Å². The topological polar surface area (TPSA) is 261 Å². The van der Waals surface area contributed by atoms with Crippen LogP contribution in [0, 0.1) is 58.1 Å². The van der Waals surface area contributed by atoms with E-state index in [2.05, 4.69) is 137 Å².